The molecule has 1 aliphatic carbocycles. The highest BCUT2D eigenvalue weighted by molar-refractivity contribution is 6.39. The van der Waals surface area contributed by atoms with Gasteiger partial charge in [0.2, 0.25) is 5.91 Å². The second-order valence-corrected chi connectivity index (χ2v) is 6.22. The number of anilines is 1. The maximum atomic E-state index is 12.4. The van der Waals surface area contributed by atoms with Gasteiger partial charge in [-0.1, -0.05) is 49.0 Å². The topological polar surface area (TPSA) is 55.1 Å². The fourth-order valence-corrected chi connectivity index (χ4v) is 3.15. The molecule has 0 heterocycles. The highest BCUT2D eigenvalue weighted by atomic mass is 35.5. The summed E-state index contributed by atoms with van der Waals surface area (Å²) in [6.45, 7) is 2.12. The smallest absolute Gasteiger partial charge is 0.244 e. The molecule has 3 nitrogen and oxygen atoms in total. The summed E-state index contributed by atoms with van der Waals surface area (Å²) >= 11 is 12.1. The van der Waals surface area contributed by atoms with Gasteiger partial charge in [-0.15, -0.1) is 0 Å². The summed E-state index contributed by atoms with van der Waals surface area (Å²) in [5.41, 5.74) is 5.87. The Bertz CT molecular complexity index is 472. The van der Waals surface area contributed by atoms with Gasteiger partial charge in [0.05, 0.1) is 21.3 Å². The molecule has 1 aromatic carbocycles. The van der Waals surface area contributed by atoms with E-state index in [0.717, 1.165) is 12.8 Å². The summed E-state index contributed by atoms with van der Waals surface area (Å²) in [6, 6.07) is 5.12. The lowest BCUT2D eigenvalue weighted by molar-refractivity contribution is -0.122. The highest BCUT2D eigenvalue weighted by Crippen LogP contribution is 2.34. The molecule has 1 aromatic rings. The number of nitrogens with one attached hydrogen (secondary N) is 1. The van der Waals surface area contributed by atoms with E-state index in [2.05, 4.69) is 12.2 Å². The standard InChI is InChI=1S/C14H18Cl2N2O/c1-9-4-3-7-14(17,8-9)13(19)18-12-10(15)5-2-6-11(12)16/h2,5-6,9H,3-4,7-8,17H2,1H3,(H,18,19). The molecule has 2 atom stereocenters. The van der Waals surface area contributed by atoms with Crippen LogP contribution in [0.2, 0.25) is 10.0 Å². The maximum Gasteiger partial charge on any atom is 0.244 e. The molecule has 0 bridgehead atoms. The lowest BCUT2D eigenvalue weighted by Gasteiger charge is -2.35. The highest BCUT2D eigenvalue weighted by Gasteiger charge is 2.38. The second kappa shape index (κ2) is 5.70. The van der Waals surface area contributed by atoms with Crippen molar-refractivity contribution < 1.29 is 4.79 Å². The third kappa shape index (κ3) is 3.22. The van der Waals surface area contributed by atoms with Gasteiger partial charge in [-0.2, -0.15) is 0 Å². The minimum absolute atomic E-state index is 0.200. The first-order valence-corrected chi connectivity index (χ1v) is 7.22. The molecule has 2 unspecified atom stereocenters. The number of hydrogen-bond donors (Lipinski definition) is 2. The van der Waals surface area contributed by atoms with Crippen molar-refractivity contribution in [2.24, 2.45) is 11.7 Å². The third-order valence-corrected chi connectivity index (χ3v) is 4.32. The number of nitrogens with two attached hydrogens (primary N) is 1. The molecule has 104 valence electrons. The van der Waals surface area contributed by atoms with Crippen molar-refractivity contribution in [2.75, 3.05) is 5.32 Å². The number of hydrogen-bond acceptors (Lipinski definition) is 2. The van der Waals surface area contributed by atoms with E-state index in [4.69, 9.17) is 28.9 Å². The molecule has 0 aliphatic heterocycles. The van der Waals surface area contributed by atoms with E-state index in [1.54, 1.807) is 18.2 Å². The predicted octanol–water partition coefficient (Wildman–Crippen LogP) is 3.84. The van der Waals surface area contributed by atoms with Crippen LogP contribution in [0.25, 0.3) is 0 Å². The Morgan fingerprint density at radius 2 is 2.05 bits per heavy atom. The molecule has 0 radical (unpaired) electrons. The summed E-state index contributed by atoms with van der Waals surface area (Å²) in [5.74, 6) is 0.264. The van der Waals surface area contributed by atoms with Crippen molar-refractivity contribution in [2.45, 2.75) is 38.1 Å². The number of para-hydroxylation sites is 1. The first-order chi connectivity index (χ1) is 8.92. The van der Waals surface area contributed by atoms with Crippen LogP contribution >= 0.6 is 23.2 Å². The van der Waals surface area contributed by atoms with Crippen LogP contribution in [0.3, 0.4) is 0 Å². The van der Waals surface area contributed by atoms with Crippen LogP contribution in [-0.2, 0) is 4.79 Å². The van der Waals surface area contributed by atoms with E-state index >= 15 is 0 Å². The zero-order valence-corrected chi connectivity index (χ0v) is 12.4. The maximum absolute atomic E-state index is 12.4. The van der Waals surface area contributed by atoms with Crippen LogP contribution in [0.5, 0.6) is 0 Å². The zero-order valence-electron chi connectivity index (χ0n) is 10.9. The van der Waals surface area contributed by atoms with Crippen molar-refractivity contribution in [1.82, 2.24) is 0 Å². The molecule has 5 heteroatoms. The van der Waals surface area contributed by atoms with Gasteiger partial charge in [0.25, 0.3) is 0 Å². The molecule has 19 heavy (non-hydrogen) atoms. The van der Waals surface area contributed by atoms with Crippen LogP contribution in [0.1, 0.15) is 32.6 Å². The molecule has 0 saturated heterocycles. The largest absolute Gasteiger partial charge is 0.322 e. The van der Waals surface area contributed by atoms with E-state index in [1.807, 2.05) is 0 Å². The van der Waals surface area contributed by atoms with E-state index in [1.165, 1.54) is 0 Å². The number of halogens is 2. The summed E-state index contributed by atoms with van der Waals surface area (Å²) in [5, 5.41) is 3.63. The Morgan fingerprint density at radius 1 is 1.42 bits per heavy atom. The monoisotopic (exact) mass is 300 g/mol. The molecule has 1 amide bonds. The second-order valence-electron chi connectivity index (χ2n) is 5.41. The molecular weight excluding hydrogens is 283 g/mol. The van der Waals surface area contributed by atoms with Crippen LogP contribution < -0.4 is 11.1 Å². The first kappa shape index (κ1) is 14.6. The van der Waals surface area contributed by atoms with Gasteiger partial charge in [0.15, 0.2) is 0 Å². The van der Waals surface area contributed by atoms with Gasteiger partial charge in [0.1, 0.15) is 0 Å². The minimum Gasteiger partial charge on any atom is -0.322 e. The van der Waals surface area contributed by atoms with Crippen LogP contribution in [-0.4, -0.2) is 11.4 Å². The van der Waals surface area contributed by atoms with E-state index < -0.39 is 5.54 Å². The summed E-state index contributed by atoms with van der Waals surface area (Å²) in [6.07, 6.45) is 3.49. The van der Waals surface area contributed by atoms with Crippen LogP contribution in [0.4, 0.5) is 5.69 Å². The van der Waals surface area contributed by atoms with Gasteiger partial charge in [-0.05, 0) is 30.9 Å². The fraction of sp³-hybridized carbons (Fsp3) is 0.500. The summed E-state index contributed by atoms with van der Waals surface area (Å²) in [4.78, 5) is 12.4. The quantitative estimate of drug-likeness (QED) is 0.872. The van der Waals surface area contributed by atoms with Crippen molar-refractivity contribution >= 4 is 34.8 Å². The lowest BCUT2D eigenvalue weighted by Crippen LogP contribution is -2.53. The molecule has 1 fully saturated rings. The van der Waals surface area contributed by atoms with Crippen molar-refractivity contribution in [3.05, 3.63) is 28.2 Å². The molecular formula is C14H18Cl2N2O. The predicted molar refractivity (Wildman–Crippen MR) is 79.6 cm³/mol. The average Bonchev–Trinajstić information content (AvgIpc) is 2.33. The molecule has 0 aromatic heterocycles. The van der Waals surface area contributed by atoms with E-state index in [0.29, 0.717) is 34.5 Å². The van der Waals surface area contributed by atoms with E-state index in [-0.39, 0.29) is 5.91 Å². The Hall–Kier alpha value is -0.770. The Labute approximate surface area is 123 Å². The van der Waals surface area contributed by atoms with Gasteiger partial charge in [0, 0.05) is 0 Å². The lowest BCUT2D eigenvalue weighted by atomic mass is 9.76. The van der Waals surface area contributed by atoms with E-state index in [9.17, 15) is 4.79 Å². The SMILES string of the molecule is CC1CCCC(N)(C(=O)Nc2c(Cl)cccc2Cl)C1. The van der Waals surface area contributed by atoms with Gasteiger partial charge < -0.3 is 11.1 Å². The van der Waals surface area contributed by atoms with Gasteiger partial charge in [-0.3, -0.25) is 4.79 Å². The van der Waals surface area contributed by atoms with Crippen LogP contribution in [0, 0.1) is 5.92 Å². The van der Waals surface area contributed by atoms with Crippen molar-refractivity contribution in [1.29, 1.82) is 0 Å². The molecule has 1 aliphatic rings. The number of carbonyl (C=O) groups excluding carboxylic acids is 1. The number of benzene rings is 1. The fourth-order valence-electron chi connectivity index (χ4n) is 2.65. The average molecular weight is 301 g/mol. The Kier molecular flexibility index (Phi) is 4.39. The van der Waals surface area contributed by atoms with Crippen LogP contribution in [0.15, 0.2) is 18.2 Å². The summed E-state index contributed by atoms with van der Waals surface area (Å²) in [7, 11) is 0. The number of amides is 1. The molecule has 2 rings (SSSR count). The Balaban J connectivity index is 2.17. The van der Waals surface area contributed by atoms with Crippen molar-refractivity contribution in [3.8, 4) is 0 Å². The first-order valence-electron chi connectivity index (χ1n) is 6.47. The molecule has 3 N–H and O–H groups in total. The molecule has 0 spiro atoms. The Morgan fingerprint density at radius 3 is 2.63 bits per heavy atom. The number of carbonyl (C=O) groups is 1. The minimum atomic E-state index is -0.819. The number of rotatable bonds is 2. The molecule has 1 saturated carbocycles. The zero-order chi connectivity index (χ0) is 14.0. The van der Waals surface area contributed by atoms with Gasteiger partial charge in [-0.25, -0.2) is 0 Å². The van der Waals surface area contributed by atoms with Crippen molar-refractivity contribution in [3.63, 3.8) is 0 Å². The normalized spacial score (nSPS) is 27.1. The summed E-state index contributed by atoms with van der Waals surface area (Å²) < 4.78 is 0. The van der Waals surface area contributed by atoms with Gasteiger partial charge >= 0.3 is 0 Å². The third-order valence-electron chi connectivity index (χ3n) is 3.69.